The normalized spacial score (nSPS) is 17.6. The van der Waals surface area contributed by atoms with Crippen LogP contribution in [0, 0.1) is 0 Å². The minimum absolute atomic E-state index is 0.112. The molecule has 0 fully saturated rings. The molecule has 0 bridgehead atoms. The molecular weight excluding hydrogens is 170 g/mol. The molecule has 3 unspecified atom stereocenters. The highest BCUT2D eigenvalue weighted by Crippen LogP contribution is 1.95. The Bertz CT molecular complexity index is 159. The standard InChI is InChI=1S/C9H19NO3/c1-5-13-9(12)7(3)10-6(2)8(4)11/h6-8,10-11H,5H2,1-4H3. The Morgan fingerprint density at radius 2 is 2.00 bits per heavy atom. The number of hydrogen-bond acceptors (Lipinski definition) is 4. The molecule has 13 heavy (non-hydrogen) atoms. The summed E-state index contributed by atoms with van der Waals surface area (Å²) in [4.78, 5) is 11.1. The molecule has 0 amide bonds. The van der Waals surface area contributed by atoms with Crippen LogP contribution in [-0.2, 0) is 9.53 Å². The summed E-state index contributed by atoms with van der Waals surface area (Å²) in [6.45, 7) is 7.36. The van der Waals surface area contributed by atoms with Gasteiger partial charge in [-0.2, -0.15) is 0 Å². The van der Waals surface area contributed by atoms with Crippen LogP contribution in [0.25, 0.3) is 0 Å². The fourth-order valence-electron chi connectivity index (χ4n) is 0.869. The molecule has 0 spiro atoms. The number of aliphatic hydroxyl groups is 1. The Labute approximate surface area is 79.3 Å². The Morgan fingerprint density at radius 3 is 2.38 bits per heavy atom. The SMILES string of the molecule is CCOC(=O)C(C)NC(C)C(C)O. The zero-order valence-electron chi connectivity index (χ0n) is 8.70. The fourth-order valence-corrected chi connectivity index (χ4v) is 0.869. The molecular formula is C9H19NO3. The second-order valence-corrected chi connectivity index (χ2v) is 3.17. The van der Waals surface area contributed by atoms with Crippen molar-refractivity contribution in [1.82, 2.24) is 5.32 Å². The highest BCUT2D eigenvalue weighted by atomic mass is 16.5. The van der Waals surface area contributed by atoms with Gasteiger partial charge in [-0.3, -0.25) is 10.1 Å². The summed E-state index contributed by atoms with van der Waals surface area (Å²) in [5, 5.41) is 12.1. The quantitative estimate of drug-likeness (QED) is 0.611. The topological polar surface area (TPSA) is 58.6 Å². The zero-order valence-corrected chi connectivity index (χ0v) is 8.70. The first-order chi connectivity index (χ1) is 5.99. The van der Waals surface area contributed by atoms with Crippen molar-refractivity contribution in [3.8, 4) is 0 Å². The van der Waals surface area contributed by atoms with Crippen molar-refractivity contribution in [2.24, 2.45) is 0 Å². The van der Waals surface area contributed by atoms with Crippen molar-refractivity contribution in [2.45, 2.75) is 45.9 Å². The molecule has 0 heterocycles. The first-order valence-electron chi connectivity index (χ1n) is 4.59. The molecule has 0 saturated carbocycles. The van der Waals surface area contributed by atoms with Crippen molar-refractivity contribution < 1.29 is 14.6 Å². The van der Waals surface area contributed by atoms with Crippen LogP contribution < -0.4 is 5.32 Å². The molecule has 0 aliphatic rings. The van der Waals surface area contributed by atoms with Gasteiger partial charge in [0, 0.05) is 6.04 Å². The number of aliphatic hydroxyl groups excluding tert-OH is 1. The maximum absolute atomic E-state index is 11.1. The number of carbonyl (C=O) groups excluding carboxylic acids is 1. The predicted molar refractivity (Wildman–Crippen MR) is 50.4 cm³/mol. The molecule has 4 heteroatoms. The summed E-state index contributed by atoms with van der Waals surface area (Å²) in [7, 11) is 0. The second-order valence-electron chi connectivity index (χ2n) is 3.17. The maximum atomic E-state index is 11.1. The van der Waals surface area contributed by atoms with Crippen LogP contribution in [0.3, 0.4) is 0 Å². The maximum Gasteiger partial charge on any atom is 0.322 e. The summed E-state index contributed by atoms with van der Waals surface area (Å²) in [6, 6.07) is -0.482. The van der Waals surface area contributed by atoms with Gasteiger partial charge >= 0.3 is 5.97 Å². The molecule has 78 valence electrons. The lowest BCUT2D eigenvalue weighted by Gasteiger charge is -2.20. The third kappa shape index (κ3) is 4.85. The summed E-state index contributed by atoms with van der Waals surface area (Å²) < 4.78 is 4.80. The summed E-state index contributed by atoms with van der Waals surface area (Å²) >= 11 is 0. The highest BCUT2D eigenvalue weighted by Gasteiger charge is 2.18. The molecule has 0 rings (SSSR count). The Balaban J connectivity index is 3.85. The van der Waals surface area contributed by atoms with Gasteiger partial charge in [0.1, 0.15) is 6.04 Å². The number of nitrogens with one attached hydrogen (secondary N) is 1. The molecule has 0 aliphatic carbocycles. The number of rotatable bonds is 5. The third-order valence-electron chi connectivity index (χ3n) is 1.88. The lowest BCUT2D eigenvalue weighted by molar-refractivity contribution is -0.145. The Hall–Kier alpha value is -0.610. The molecule has 3 atom stereocenters. The van der Waals surface area contributed by atoms with Crippen LogP contribution in [0.4, 0.5) is 0 Å². The van der Waals surface area contributed by atoms with Gasteiger partial charge in [0.2, 0.25) is 0 Å². The number of hydrogen-bond donors (Lipinski definition) is 2. The van der Waals surface area contributed by atoms with E-state index in [4.69, 9.17) is 9.84 Å². The van der Waals surface area contributed by atoms with Gasteiger partial charge in [0.25, 0.3) is 0 Å². The van der Waals surface area contributed by atoms with Crippen LogP contribution >= 0.6 is 0 Å². The third-order valence-corrected chi connectivity index (χ3v) is 1.88. The fraction of sp³-hybridized carbons (Fsp3) is 0.889. The number of esters is 1. The summed E-state index contributed by atoms with van der Waals surface area (Å²) in [5.74, 6) is -0.282. The lowest BCUT2D eigenvalue weighted by atomic mass is 10.2. The molecule has 2 N–H and O–H groups in total. The van der Waals surface area contributed by atoms with Gasteiger partial charge in [0.05, 0.1) is 12.7 Å². The van der Waals surface area contributed by atoms with Crippen molar-refractivity contribution in [3.63, 3.8) is 0 Å². The molecule has 4 nitrogen and oxygen atoms in total. The molecule has 0 saturated heterocycles. The predicted octanol–water partition coefficient (Wildman–Crippen LogP) is 0.297. The van der Waals surface area contributed by atoms with Crippen LogP contribution in [0.5, 0.6) is 0 Å². The first-order valence-corrected chi connectivity index (χ1v) is 4.59. The van der Waals surface area contributed by atoms with Gasteiger partial charge < -0.3 is 9.84 Å². The minimum Gasteiger partial charge on any atom is -0.465 e. The van der Waals surface area contributed by atoms with Crippen molar-refractivity contribution in [2.75, 3.05) is 6.61 Å². The monoisotopic (exact) mass is 189 g/mol. The van der Waals surface area contributed by atoms with E-state index in [1.165, 1.54) is 0 Å². The summed E-state index contributed by atoms with van der Waals surface area (Å²) in [6.07, 6.45) is -0.475. The first kappa shape index (κ1) is 12.4. The van der Waals surface area contributed by atoms with Gasteiger partial charge in [-0.05, 0) is 27.7 Å². The van der Waals surface area contributed by atoms with Gasteiger partial charge in [-0.25, -0.2) is 0 Å². The zero-order chi connectivity index (χ0) is 10.4. The van der Waals surface area contributed by atoms with E-state index in [1.807, 2.05) is 6.92 Å². The summed E-state index contributed by atoms with van der Waals surface area (Å²) in [5.41, 5.74) is 0. The van der Waals surface area contributed by atoms with E-state index in [1.54, 1.807) is 20.8 Å². The Kier molecular flexibility index (Phi) is 5.66. The molecule has 0 aromatic rings. The van der Waals surface area contributed by atoms with E-state index in [2.05, 4.69) is 5.32 Å². The number of carbonyl (C=O) groups is 1. The number of ether oxygens (including phenoxy) is 1. The van der Waals surface area contributed by atoms with E-state index < -0.39 is 6.10 Å². The van der Waals surface area contributed by atoms with Gasteiger partial charge in [-0.1, -0.05) is 0 Å². The highest BCUT2D eigenvalue weighted by molar-refractivity contribution is 5.75. The smallest absolute Gasteiger partial charge is 0.322 e. The average molecular weight is 189 g/mol. The Morgan fingerprint density at radius 1 is 1.46 bits per heavy atom. The molecule has 0 aliphatic heterocycles. The van der Waals surface area contributed by atoms with Crippen molar-refractivity contribution in [1.29, 1.82) is 0 Å². The van der Waals surface area contributed by atoms with Crippen LogP contribution in [0.15, 0.2) is 0 Å². The van der Waals surface area contributed by atoms with E-state index in [0.717, 1.165) is 0 Å². The van der Waals surface area contributed by atoms with E-state index in [9.17, 15) is 4.79 Å². The van der Waals surface area contributed by atoms with Crippen LogP contribution in [0.2, 0.25) is 0 Å². The largest absolute Gasteiger partial charge is 0.465 e. The van der Waals surface area contributed by atoms with Crippen molar-refractivity contribution >= 4 is 5.97 Å². The van der Waals surface area contributed by atoms with Gasteiger partial charge in [0.15, 0.2) is 0 Å². The molecule has 0 radical (unpaired) electrons. The van der Waals surface area contributed by atoms with Crippen molar-refractivity contribution in [3.05, 3.63) is 0 Å². The van der Waals surface area contributed by atoms with E-state index in [0.29, 0.717) is 6.61 Å². The molecule has 0 aromatic heterocycles. The average Bonchev–Trinajstić information content (AvgIpc) is 2.04. The van der Waals surface area contributed by atoms with Gasteiger partial charge in [-0.15, -0.1) is 0 Å². The molecule has 0 aromatic carbocycles. The van der Waals surface area contributed by atoms with E-state index in [-0.39, 0.29) is 18.1 Å². The van der Waals surface area contributed by atoms with Crippen LogP contribution in [-0.4, -0.2) is 35.9 Å². The lowest BCUT2D eigenvalue weighted by Crippen LogP contribution is -2.45. The van der Waals surface area contributed by atoms with E-state index >= 15 is 0 Å². The minimum atomic E-state index is -0.475. The second kappa shape index (κ2) is 5.94. The van der Waals surface area contributed by atoms with Crippen LogP contribution in [0.1, 0.15) is 27.7 Å².